The van der Waals surface area contributed by atoms with Crippen molar-refractivity contribution in [2.75, 3.05) is 0 Å². The fourth-order valence-corrected chi connectivity index (χ4v) is 5.19. The van der Waals surface area contributed by atoms with Crippen LogP contribution in [0, 0.1) is 13.8 Å². The van der Waals surface area contributed by atoms with Gasteiger partial charge in [0.2, 0.25) is 11.2 Å². The summed E-state index contributed by atoms with van der Waals surface area (Å²) in [6.07, 6.45) is 6.74. The number of aromatic nitrogens is 2. The first-order valence-corrected chi connectivity index (χ1v) is 12.2. The molecule has 2 nitrogen and oxygen atoms in total. The van der Waals surface area contributed by atoms with E-state index in [9.17, 15) is 0 Å². The molecular weight excluding hydrogens is 424 g/mol. The van der Waals surface area contributed by atoms with Gasteiger partial charge < -0.3 is 0 Å². The standard InChI is InChI=1S/C33H28N2/c1-24-12-6-7-15-28(24)33-20-31(26-13-4-3-5-14-26)25(2)21-35(33)23-27-22-34-19-11-10-18-32(34)30-17-9-8-16-29(27)30/h3-22H,23H2,1-2H3/q+2. The second kappa shape index (κ2) is 8.81. The summed E-state index contributed by atoms with van der Waals surface area (Å²) < 4.78 is 4.66. The average molecular weight is 453 g/mol. The van der Waals surface area contributed by atoms with Crippen LogP contribution < -0.4 is 8.97 Å². The SMILES string of the molecule is Cc1c[n+](Cc2c[n+]3ccccc3c3ccccc23)c(-c2ccccc2C)cc1-c1ccccc1. The Morgan fingerprint density at radius 2 is 1.31 bits per heavy atom. The van der Waals surface area contributed by atoms with Crippen LogP contribution in [0.3, 0.4) is 0 Å². The van der Waals surface area contributed by atoms with Crippen molar-refractivity contribution in [3.63, 3.8) is 0 Å². The largest absolute Gasteiger partial charge is 0.218 e. The Bertz CT molecular complexity index is 1680. The van der Waals surface area contributed by atoms with Crippen molar-refractivity contribution >= 4 is 16.3 Å². The van der Waals surface area contributed by atoms with E-state index in [1.807, 2.05) is 0 Å². The molecule has 3 heterocycles. The van der Waals surface area contributed by atoms with Gasteiger partial charge in [0, 0.05) is 34.7 Å². The summed E-state index contributed by atoms with van der Waals surface area (Å²) in [4.78, 5) is 0. The van der Waals surface area contributed by atoms with Gasteiger partial charge in [-0.2, -0.15) is 8.97 Å². The molecule has 0 radical (unpaired) electrons. The maximum Gasteiger partial charge on any atom is 0.218 e. The van der Waals surface area contributed by atoms with Gasteiger partial charge in [-0.1, -0.05) is 66.7 Å². The quantitative estimate of drug-likeness (QED) is 0.204. The number of fused-ring (bicyclic) bond motifs is 3. The zero-order chi connectivity index (χ0) is 23.8. The first-order valence-electron chi connectivity index (χ1n) is 12.2. The predicted octanol–water partition coefficient (Wildman–Crippen LogP) is 6.87. The Balaban J connectivity index is 1.58. The Kier molecular flexibility index (Phi) is 5.35. The molecule has 6 aromatic rings. The van der Waals surface area contributed by atoms with Crippen molar-refractivity contribution in [3.05, 3.63) is 138 Å². The topological polar surface area (TPSA) is 7.98 Å². The molecule has 0 bridgehead atoms. The van der Waals surface area contributed by atoms with Crippen molar-refractivity contribution in [2.24, 2.45) is 0 Å². The molecule has 0 saturated carbocycles. The highest BCUT2D eigenvalue weighted by Gasteiger charge is 2.22. The summed E-state index contributed by atoms with van der Waals surface area (Å²) in [5.74, 6) is 0. The molecule has 0 saturated heterocycles. The van der Waals surface area contributed by atoms with Crippen LogP contribution in [0.25, 0.3) is 38.7 Å². The molecule has 0 spiro atoms. The maximum atomic E-state index is 2.42. The predicted molar refractivity (Wildman–Crippen MR) is 143 cm³/mol. The molecule has 0 atom stereocenters. The van der Waals surface area contributed by atoms with E-state index in [0.29, 0.717) is 0 Å². The molecule has 168 valence electrons. The first kappa shape index (κ1) is 21.2. The summed E-state index contributed by atoms with van der Waals surface area (Å²) in [6.45, 7) is 5.20. The summed E-state index contributed by atoms with van der Waals surface area (Å²) in [5.41, 5.74) is 10.1. The fraction of sp³-hybridized carbons (Fsp3) is 0.0909. The van der Waals surface area contributed by atoms with Gasteiger partial charge in [-0.15, -0.1) is 0 Å². The minimum Gasteiger partial charge on any atom is -0.193 e. The van der Waals surface area contributed by atoms with E-state index < -0.39 is 0 Å². The molecular formula is C33H28N2+2. The summed E-state index contributed by atoms with van der Waals surface area (Å²) in [6, 6.07) is 36.9. The van der Waals surface area contributed by atoms with Gasteiger partial charge in [0.15, 0.2) is 25.1 Å². The van der Waals surface area contributed by atoms with Crippen LogP contribution in [0.15, 0.2) is 122 Å². The lowest BCUT2D eigenvalue weighted by molar-refractivity contribution is -0.678. The summed E-state index contributed by atoms with van der Waals surface area (Å²) in [7, 11) is 0. The van der Waals surface area contributed by atoms with Crippen LogP contribution >= 0.6 is 0 Å². The van der Waals surface area contributed by atoms with Crippen molar-refractivity contribution in [2.45, 2.75) is 20.4 Å². The number of aryl methyl sites for hydroxylation is 2. The lowest BCUT2D eigenvalue weighted by Gasteiger charge is -2.12. The second-order valence-corrected chi connectivity index (χ2v) is 9.26. The molecule has 3 aromatic heterocycles. The minimum absolute atomic E-state index is 0.790. The fourth-order valence-electron chi connectivity index (χ4n) is 5.19. The van der Waals surface area contributed by atoms with E-state index in [1.54, 1.807) is 0 Å². The van der Waals surface area contributed by atoms with Crippen LogP contribution in [0.5, 0.6) is 0 Å². The van der Waals surface area contributed by atoms with Gasteiger partial charge in [0.1, 0.15) is 0 Å². The van der Waals surface area contributed by atoms with Crippen LogP contribution in [0.4, 0.5) is 0 Å². The van der Waals surface area contributed by atoms with Crippen LogP contribution in [0.2, 0.25) is 0 Å². The van der Waals surface area contributed by atoms with Crippen molar-refractivity contribution in [1.29, 1.82) is 0 Å². The smallest absolute Gasteiger partial charge is 0.193 e. The normalized spacial score (nSPS) is 11.3. The Morgan fingerprint density at radius 1 is 0.600 bits per heavy atom. The molecule has 6 rings (SSSR count). The molecule has 0 aliphatic heterocycles. The monoisotopic (exact) mass is 452 g/mol. The summed E-state index contributed by atoms with van der Waals surface area (Å²) in [5, 5.41) is 2.58. The maximum absolute atomic E-state index is 2.42. The molecule has 2 heteroatoms. The van der Waals surface area contributed by atoms with E-state index in [1.165, 1.54) is 55.4 Å². The number of rotatable bonds is 4. The zero-order valence-electron chi connectivity index (χ0n) is 20.1. The van der Waals surface area contributed by atoms with Gasteiger partial charge in [0.05, 0.1) is 10.9 Å². The van der Waals surface area contributed by atoms with Gasteiger partial charge in [-0.3, -0.25) is 0 Å². The molecule has 0 amide bonds. The van der Waals surface area contributed by atoms with Crippen LogP contribution in [-0.4, -0.2) is 0 Å². The van der Waals surface area contributed by atoms with Crippen molar-refractivity contribution in [3.8, 4) is 22.4 Å². The van der Waals surface area contributed by atoms with E-state index in [-0.39, 0.29) is 0 Å². The molecule has 35 heavy (non-hydrogen) atoms. The van der Waals surface area contributed by atoms with Gasteiger partial charge in [-0.25, -0.2) is 0 Å². The van der Waals surface area contributed by atoms with E-state index >= 15 is 0 Å². The number of pyridine rings is 3. The Hall–Kier alpha value is -4.30. The second-order valence-electron chi connectivity index (χ2n) is 9.26. The van der Waals surface area contributed by atoms with Crippen LogP contribution in [-0.2, 0) is 6.54 Å². The van der Waals surface area contributed by atoms with Crippen LogP contribution in [0.1, 0.15) is 16.7 Å². The third-order valence-corrected chi connectivity index (χ3v) is 6.95. The van der Waals surface area contributed by atoms with Gasteiger partial charge in [0.25, 0.3) is 0 Å². The van der Waals surface area contributed by atoms with E-state index in [0.717, 1.165) is 6.54 Å². The highest BCUT2D eigenvalue weighted by molar-refractivity contribution is 5.95. The lowest BCUT2D eigenvalue weighted by atomic mass is 9.97. The van der Waals surface area contributed by atoms with Crippen molar-refractivity contribution in [1.82, 2.24) is 0 Å². The van der Waals surface area contributed by atoms with E-state index in [2.05, 4.69) is 145 Å². The third kappa shape index (κ3) is 3.87. The van der Waals surface area contributed by atoms with E-state index in [4.69, 9.17) is 0 Å². The molecule has 0 N–H and O–H groups in total. The number of nitrogens with zero attached hydrogens (tertiary/aromatic N) is 2. The van der Waals surface area contributed by atoms with Gasteiger partial charge >= 0.3 is 0 Å². The highest BCUT2D eigenvalue weighted by Crippen LogP contribution is 2.29. The Morgan fingerprint density at radius 3 is 2.14 bits per heavy atom. The molecule has 0 fully saturated rings. The lowest BCUT2D eigenvalue weighted by Crippen LogP contribution is -2.38. The van der Waals surface area contributed by atoms with Crippen molar-refractivity contribution < 1.29 is 8.97 Å². The van der Waals surface area contributed by atoms with Gasteiger partial charge in [-0.05, 0) is 48.7 Å². The molecule has 0 aliphatic rings. The molecule has 3 aromatic carbocycles. The minimum atomic E-state index is 0.790. The highest BCUT2D eigenvalue weighted by atomic mass is 15.0. The number of hydrogen-bond donors (Lipinski definition) is 0. The first-order chi connectivity index (χ1) is 17.2. The average Bonchev–Trinajstić information content (AvgIpc) is 2.90. The number of benzene rings is 3. The number of hydrogen-bond acceptors (Lipinski definition) is 0. The summed E-state index contributed by atoms with van der Waals surface area (Å²) >= 11 is 0. The third-order valence-electron chi connectivity index (χ3n) is 6.95. The molecule has 0 aliphatic carbocycles. The zero-order valence-corrected chi connectivity index (χ0v) is 20.1. The molecule has 0 unspecified atom stereocenters. The Labute approximate surface area is 206 Å².